The van der Waals surface area contributed by atoms with Gasteiger partial charge >= 0.3 is 5.97 Å². The molecular weight excluding hydrogens is 408 g/mol. The number of hydrogen-bond donors (Lipinski definition) is 1. The van der Waals surface area contributed by atoms with Crippen LogP contribution in [0.4, 0.5) is 11.4 Å². The van der Waals surface area contributed by atoms with Crippen molar-refractivity contribution < 1.29 is 28.8 Å². The minimum atomic E-state index is -0.955. The molecule has 11 heteroatoms. The van der Waals surface area contributed by atoms with Crippen LogP contribution in [0.3, 0.4) is 0 Å². The number of benzene rings is 2. The molecule has 3 rings (SSSR count). The molecule has 2 amide bonds. The fourth-order valence-electron chi connectivity index (χ4n) is 2.87. The molecule has 11 nitrogen and oxygen atoms in total. The van der Waals surface area contributed by atoms with Crippen molar-refractivity contribution in [3.63, 3.8) is 0 Å². The molecule has 1 heterocycles. The smallest absolute Gasteiger partial charge is 0.308 e. The second-order valence-corrected chi connectivity index (χ2v) is 6.57. The number of esters is 1. The summed E-state index contributed by atoms with van der Waals surface area (Å²) >= 11 is 0. The quantitative estimate of drug-likeness (QED) is 0.335. The fraction of sp³-hybridized carbons (Fsp3) is 0.200. The van der Waals surface area contributed by atoms with Gasteiger partial charge in [0.15, 0.2) is 0 Å². The van der Waals surface area contributed by atoms with Crippen LogP contribution in [-0.4, -0.2) is 33.6 Å². The highest BCUT2D eigenvalue weighted by Crippen LogP contribution is 2.34. The monoisotopic (exact) mass is 426 g/mol. The van der Waals surface area contributed by atoms with Gasteiger partial charge in [-0.15, -0.1) is 5.10 Å². The van der Waals surface area contributed by atoms with E-state index in [0.717, 1.165) is 11.1 Å². The van der Waals surface area contributed by atoms with Gasteiger partial charge in [-0.1, -0.05) is 12.1 Å². The largest absolute Gasteiger partial charge is 0.446 e. The van der Waals surface area contributed by atoms with E-state index in [4.69, 9.17) is 9.47 Å². The lowest BCUT2D eigenvalue weighted by Gasteiger charge is -2.19. The number of nitro groups is 1. The van der Waals surface area contributed by atoms with Crippen molar-refractivity contribution in [1.29, 1.82) is 0 Å². The number of hydrogen-bond acceptors (Lipinski definition) is 8. The second-order valence-electron chi connectivity index (χ2n) is 6.57. The number of carbonyl (C=O) groups is 3. The van der Waals surface area contributed by atoms with Crippen LogP contribution in [0.1, 0.15) is 38.1 Å². The average Bonchev–Trinajstić information content (AvgIpc) is 3.13. The van der Waals surface area contributed by atoms with E-state index in [9.17, 15) is 24.5 Å². The minimum absolute atomic E-state index is 0.00186. The standard InChI is InChI=1S/C20H18N4O7/c1-11(25)21-15-6-4-14(5-7-15)20-23(12(2)26)22-19(31-20)17-10-16(24(28)29)8-9-18(17)30-13(3)27/h4-10,20H,1-3H3,(H,21,25)/t20-/m1/s1. The molecule has 2 aromatic carbocycles. The molecule has 1 atom stereocenters. The van der Waals surface area contributed by atoms with Crippen LogP contribution in [0.15, 0.2) is 47.6 Å². The van der Waals surface area contributed by atoms with E-state index in [0.29, 0.717) is 11.3 Å². The first-order valence-electron chi connectivity index (χ1n) is 9.05. The molecule has 0 unspecified atom stereocenters. The van der Waals surface area contributed by atoms with Gasteiger partial charge < -0.3 is 14.8 Å². The molecule has 1 aliphatic rings. The first kappa shape index (κ1) is 21.4. The topological polar surface area (TPSA) is 140 Å². The molecule has 0 radical (unpaired) electrons. The summed E-state index contributed by atoms with van der Waals surface area (Å²) in [6.07, 6.45) is -0.955. The number of non-ortho nitro benzene ring substituents is 1. The van der Waals surface area contributed by atoms with Crippen molar-refractivity contribution in [2.75, 3.05) is 5.32 Å². The Labute approximate surface area is 176 Å². The summed E-state index contributed by atoms with van der Waals surface area (Å²) in [4.78, 5) is 45.3. The fourth-order valence-corrected chi connectivity index (χ4v) is 2.87. The third kappa shape index (κ3) is 4.83. The zero-order chi connectivity index (χ0) is 22.7. The number of anilines is 1. The SMILES string of the molecule is CC(=O)Nc1ccc([C@H]2OC(c3cc([N+](=O)[O-])ccc3OC(C)=O)=NN2C(C)=O)cc1. The zero-order valence-electron chi connectivity index (χ0n) is 16.8. The van der Waals surface area contributed by atoms with Crippen molar-refractivity contribution >= 4 is 35.1 Å². The van der Waals surface area contributed by atoms with Crippen LogP contribution < -0.4 is 10.1 Å². The lowest BCUT2D eigenvalue weighted by Crippen LogP contribution is -2.25. The number of carbonyl (C=O) groups excluding carboxylic acids is 3. The van der Waals surface area contributed by atoms with Crippen LogP contribution in [0.2, 0.25) is 0 Å². The number of nitrogens with zero attached hydrogens (tertiary/aromatic N) is 3. The Kier molecular flexibility index (Phi) is 5.95. The Morgan fingerprint density at radius 2 is 1.81 bits per heavy atom. The Bertz CT molecular complexity index is 1100. The summed E-state index contributed by atoms with van der Waals surface area (Å²) in [5.41, 5.74) is 0.880. The Hall–Kier alpha value is -4.28. The molecular formula is C20H18N4O7. The Balaban J connectivity index is 1.98. The van der Waals surface area contributed by atoms with Crippen molar-refractivity contribution in [1.82, 2.24) is 5.01 Å². The average molecular weight is 426 g/mol. The first-order valence-corrected chi connectivity index (χ1v) is 9.05. The van der Waals surface area contributed by atoms with Gasteiger partial charge in [-0.25, -0.2) is 0 Å². The zero-order valence-corrected chi connectivity index (χ0v) is 16.8. The second kappa shape index (κ2) is 8.61. The maximum absolute atomic E-state index is 12.1. The summed E-state index contributed by atoms with van der Waals surface area (Å²) in [6.45, 7) is 3.85. The van der Waals surface area contributed by atoms with E-state index in [-0.39, 0.29) is 28.8 Å². The van der Waals surface area contributed by atoms with E-state index >= 15 is 0 Å². The minimum Gasteiger partial charge on any atom is -0.446 e. The Morgan fingerprint density at radius 3 is 2.35 bits per heavy atom. The first-order chi connectivity index (χ1) is 14.7. The highest BCUT2D eigenvalue weighted by molar-refractivity contribution is 6.00. The highest BCUT2D eigenvalue weighted by atomic mass is 16.6. The van der Waals surface area contributed by atoms with Gasteiger partial charge in [0, 0.05) is 44.2 Å². The molecule has 31 heavy (non-hydrogen) atoms. The molecule has 0 saturated carbocycles. The normalized spacial score (nSPS) is 15.0. The number of hydrazone groups is 1. The lowest BCUT2D eigenvalue weighted by molar-refractivity contribution is -0.384. The van der Waals surface area contributed by atoms with Gasteiger partial charge in [0.2, 0.25) is 23.9 Å². The summed E-state index contributed by atoms with van der Waals surface area (Å²) < 4.78 is 11.0. The van der Waals surface area contributed by atoms with Crippen molar-refractivity contribution in [3.8, 4) is 5.75 Å². The molecule has 0 saturated heterocycles. The third-order valence-electron chi connectivity index (χ3n) is 4.14. The molecule has 1 N–H and O–H groups in total. The van der Waals surface area contributed by atoms with Crippen molar-refractivity contribution in [2.45, 2.75) is 27.0 Å². The third-order valence-corrected chi connectivity index (χ3v) is 4.14. The molecule has 0 spiro atoms. The number of ether oxygens (including phenoxy) is 2. The number of nitrogens with one attached hydrogen (secondary N) is 1. The van der Waals surface area contributed by atoms with E-state index in [2.05, 4.69) is 10.4 Å². The van der Waals surface area contributed by atoms with E-state index < -0.39 is 23.0 Å². The van der Waals surface area contributed by atoms with Gasteiger partial charge in [-0.2, -0.15) is 5.01 Å². The van der Waals surface area contributed by atoms with Gasteiger partial charge in [-0.05, 0) is 18.2 Å². The molecule has 0 bridgehead atoms. The molecule has 160 valence electrons. The summed E-state index contributed by atoms with van der Waals surface area (Å²) in [6, 6.07) is 10.1. The molecule has 0 fully saturated rings. The van der Waals surface area contributed by atoms with Crippen LogP contribution in [0.5, 0.6) is 5.75 Å². The summed E-state index contributed by atoms with van der Waals surface area (Å²) in [5, 5.41) is 19.0. The maximum atomic E-state index is 12.1. The van der Waals surface area contributed by atoms with E-state index in [1.54, 1.807) is 24.3 Å². The highest BCUT2D eigenvalue weighted by Gasteiger charge is 2.35. The van der Waals surface area contributed by atoms with Gasteiger partial charge in [0.1, 0.15) is 5.75 Å². The van der Waals surface area contributed by atoms with Crippen LogP contribution in [0.25, 0.3) is 0 Å². The maximum Gasteiger partial charge on any atom is 0.308 e. The Morgan fingerprint density at radius 1 is 1.13 bits per heavy atom. The predicted octanol–water partition coefficient (Wildman–Crippen LogP) is 2.72. The van der Waals surface area contributed by atoms with Crippen LogP contribution in [0, 0.1) is 10.1 Å². The number of nitro benzene ring substituents is 1. The lowest BCUT2D eigenvalue weighted by atomic mass is 10.1. The molecule has 1 aliphatic heterocycles. The number of rotatable bonds is 5. The summed E-state index contributed by atoms with van der Waals surface area (Å²) in [5.74, 6) is -1.43. The molecule has 0 aromatic heterocycles. The number of amides is 2. The predicted molar refractivity (Wildman–Crippen MR) is 108 cm³/mol. The summed E-state index contributed by atoms with van der Waals surface area (Å²) in [7, 11) is 0. The molecule has 2 aromatic rings. The van der Waals surface area contributed by atoms with Gasteiger partial charge in [0.05, 0.1) is 10.5 Å². The van der Waals surface area contributed by atoms with Gasteiger partial charge in [-0.3, -0.25) is 24.5 Å². The van der Waals surface area contributed by atoms with Gasteiger partial charge in [0.25, 0.3) is 5.69 Å². The van der Waals surface area contributed by atoms with Crippen molar-refractivity contribution in [3.05, 3.63) is 63.7 Å². The van der Waals surface area contributed by atoms with E-state index in [1.807, 2.05) is 0 Å². The van der Waals surface area contributed by atoms with E-state index in [1.165, 1.54) is 32.9 Å². The van der Waals surface area contributed by atoms with Crippen molar-refractivity contribution in [2.24, 2.45) is 5.10 Å². The molecule has 0 aliphatic carbocycles. The van der Waals surface area contributed by atoms with Crippen LogP contribution >= 0.6 is 0 Å². The van der Waals surface area contributed by atoms with Crippen LogP contribution in [-0.2, 0) is 19.1 Å².